The fourth-order valence-corrected chi connectivity index (χ4v) is 4.68. The number of unbranched alkanes of at least 4 members (excludes halogenated alkanes) is 4. The van der Waals surface area contributed by atoms with Crippen molar-refractivity contribution in [2.75, 3.05) is 38.0 Å². The molecular weight excluding hydrogens is 448 g/mol. The van der Waals surface area contributed by atoms with Gasteiger partial charge in [-0.1, -0.05) is 49.3 Å². The van der Waals surface area contributed by atoms with E-state index in [2.05, 4.69) is 32.7 Å². The molecule has 1 fully saturated rings. The minimum Gasteiger partial charge on any atom is -0.507 e. The van der Waals surface area contributed by atoms with Crippen molar-refractivity contribution in [3.63, 3.8) is 0 Å². The number of rotatable bonds is 14. The standard InChI is InChI=1S/C30H42N4O2/c1-25-21-26(11-10-18-33-28-12-6-5-7-13-28)22-27(30(25)36)23-34-19-14-29(15-20-34)32-17-9-4-2-3-8-16-31-24-35/h5-7,12-13,21-22,24,29,32-33,36H,2-4,8-9,14-20,23H2,1H3,(H,31,35). The van der Waals surface area contributed by atoms with Crippen LogP contribution in [0.3, 0.4) is 0 Å². The van der Waals surface area contributed by atoms with E-state index < -0.39 is 0 Å². The molecule has 0 aromatic heterocycles. The summed E-state index contributed by atoms with van der Waals surface area (Å²) in [5, 5.41) is 20.4. The third-order valence-electron chi connectivity index (χ3n) is 6.76. The van der Waals surface area contributed by atoms with Gasteiger partial charge >= 0.3 is 0 Å². The van der Waals surface area contributed by atoms with Gasteiger partial charge in [0, 0.05) is 35.9 Å². The number of likely N-dealkylation sites (tertiary alicyclic amines) is 1. The number of nitrogens with one attached hydrogen (secondary N) is 3. The Balaban J connectivity index is 1.37. The number of carbonyl (C=O) groups is 1. The van der Waals surface area contributed by atoms with Crippen LogP contribution in [-0.2, 0) is 11.3 Å². The van der Waals surface area contributed by atoms with E-state index in [1.54, 1.807) is 0 Å². The van der Waals surface area contributed by atoms with Crippen LogP contribution < -0.4 is 16.0 Å². The largest absolute Gasteiger partial charge is 0.507 e. The van der Waals surface area contributed by atoms with Gasteiger partial charge in [-0.15, -0.1) is 0 Å². The molecule has 2 aromatic carbocycles. The summed E-state index contributed by atoms with van der Waals surface area (Å²) < 4.78 is 0. The maximum absolute atomic E-state index is 10.7. The lowest BCUT2D eigenvalue weighted by molar-refractivity contribution is -0.109. The number of benzene rings is 2. The number of phenols is 1. The molecule has 0 aliphatic carbocycles. The van der Waals surface area contributed by atoms with E-state index in [0.717, 1.165) is 80.8 Å². The van der Waals surface area contributed by atoms with E-state index in [-0.39, 0.29) is 0 Å². The molecular formula is C30H42N4O2. The number of carbonyl (C=O) groups excluding carboxylic acids is 1. The number of hydrogen-bond acceptors (Lipinski definition) is 5. The van der Waals surface area contributed by atoms with Gasteiger partial charge in [0.15, 0.2) is 0 Å². The van der Waals surface area contributed by atoms with Crippen molar-refractivity contribution < 1.29 is 9.90 Å². The summed E-state index contributed by atoms with van der Waals surface area (Å²) in [6.45, 7) is 7.24. The number of aryl methyl sites for hydroxylation is 1. The summed E-state index contributed by atoms with van der Waals surface area (Å²) in [4.78, 5) is 12.7. The van der Waals surface area contributed by atoms with Crippen molar-refractivity contribution in [3.05, 3.63) is 59.2 Å². The number of nitrogens with zero attached hydrogens (tertiary/aromatic N) is 1. The molecule has 3 rings (SSSR count). The van der Waals surface area contributed by atoms with Gasteiger partial charge in [0.1, 0.15) is 5.75 Å². The van der Waals surface area contributed by atoms with E-state index in [1.807, 2.05) is 49.4 Å². The monoisotopic (exact) mass is 490 g/mol. The first-order valence-electron chi connectivity index (χ1n) is 13.4. The molecule has 6 nitrogen and oxygen atoms in total. The minimum atomic E-state index is 0.394. The molecule has 1 saturated heterocycles. The molecule has 0 spiro atoms. The van der Waals surface area contributed by atoms with Crippen LogP contribution in [0.1, 0.15) is 61.6 Å². The van der Waals surface area contributed by atoms with Gasteiger partial charge < -0.3 is 21.1 Å². The number of hydrogen-bond donors (Lipinski definition) is 4. The van der Waals surface area contributed by atoms with Gasteiger partial charge in [-0.2, -0.15) is 0 Å². The molecule has 6 heteroatoms. The van der Waals surface area contributed by atoms with Crippen molar-refractivity contribution in [1.29, 1.82) is 0 Å². The minimum absolute atomic E-state index is 0.394. The topological polar surface area (TPSA) is 76.6 Å². The highest BCUT2D eigenvalue weighted by molar-refractivity contribution is 5.49. The van der Waals surface area contributed by atoms with Crippen LogP contribution in [0.5, 0.6) is 5.75 Å². The smallest absolute Gasteiger partial charge is 0.207 e. The predicted octanol–water partition coefficient (Wildman–Crippen LogP) is 4.41. The Labute approximate surface area is 216 Å². The number of aromatic hydroxyl groups is 1. The Kier molecular flexibility index (Phi) is 12.2. The zero-order valence-corrected chi connectivity index (χ0v) is 21.7. The molecule has 194 valence electrons. The normalized spacial score (nSPS) is 14.1. The van der Waals surface area contributed by atoms with Crippen molar-refractivity contribution in [2.45, 2.75) is 64.5 Å². The van der Waals surface area contributed by atoms with Crippen molar-refractivity contribution in [1.82, 2.24) is 15.5 Å². The summed E-state index contributed by atoms with van der Waals surface area (Å²) in [6.07, 6.45) is 9.00. The number of para-hydroxylation sites is 1. The molecule has 0 radical (unpaired) electrons. The van der Waals surface area contributed by atoms with E-state index in [0.29, 0.717) is 18.3 Å². The first-order chi connectivity index (χ1) is 17.7. The molecule has 0 saturated carbocycles. The zero-order chi connectivity index (χ0) is 25.4. The van der Waals surface area contributed by atoms with Gasteiger partial charge in [-0.25, -0.2) is 0 Å². The second kappa shape index (κ2) is 15.9. The lowest BCUT2D eigenvalue weighted by atomic mass is 10.0. The third-order valence-corrected chi connectivity index (χ3v) is 6.76. The highest BCUT2D eigenvalue weighted by atomic mass is 16.3. The quantitative estimate of drug-likeness (QED) is 0.179. The molecule has 0 unspecified atom stereocenters. The number of anilines is 1. The third kappa shape index (κ3) is 9.93. The molecule has 2 aromatic rings. The van der Waals surface area contributed by atoms with Gasteiger partial charge in [-0.3, -0.25) is 9.69 Å². The summed E-state index contributed by atoms with van der Waals surface area (Å²) in [5.41, 5.74) is 3.86. The van der Waals surface area contributed by atoms with Gasteiger partial charge in [0.25, 0.3) is 0 Å². The van der Waals surface area contributed by atoms with E-state index in [1.165, 1.54) is 25.7 Å². The molecule has 1 amide bonds. The van der Waals surface area contributed by atoms with Crippen LogP contribution in [0.4, 0.5) is 5.69 Å². The first-order valence-corrected chi connectivity index (χ1v) is 13.4. The maximum atomic E-state index is 10.7. The van der Waals surface area contributed by atoms with Crippen molar-refractivity contribution in [3.8, 4) is 17.6 Å². The van der Waals surface area contributed by atoms with Crippen LogP contribution in [0.25, 0.3) is 0 Å². The fourth-order valence-electron chi connectivity index (χ4n) is 4.68. The van der Waals surface area contributed by atoms with E-state index in [9.17, 15) is 9.90 Å². The lowest BCUT2D eigenvalue weighted by Crippen LogP contribution is -2.42. The van der Waals surface area contributed by atoms with Crippen LogP contribution in [0.2, 0.25) is 0 Å². The first kappa shape index (κ1) is 27.6. The molecule has 1 heterocycles. The Bertz CT molecular complexity index is 976. The molecule has 0 bridgehead atoms. The highest BCUT2D eigenvalue weighted by Gasteiger charge is 2.20. The molecule has 36 heavy (non-hydrogen) atoms. The molecule has 4 N–H and O–H groups in total. The molecule has 1 aliphatic heterocycles. The Morgan fingerprint density at radius 1 is 1.03 bits per heavy atom. The summed E-state index contributed by atoms with van der Waals surface area (Å²) in [6, 6.07) is 14.7. The SMILES string of the molecule is Cc1cc(C#CCNc2ccccc2)cc(CN2CCC(NCCCCCCCNC=O)CC2)c1O. The Hall–Kier alpha value is -3.01. The Morgan fingerprint density at radius 2 is 1.75 bits per heavy atom. The van der Waals surface area contributed by atoms with Gasteiger partial charge in [0.2, 0.25) is 6.41 Å². The zero-order valence-electron chi connectivity index (χ0n) is 21.7. The fraction of sp³-hybridized carbons (Fsp3) is 0.500. The second-order valence-corrected chi connectivity index (χ2v) is 9.67. The molecule has 1 aliphatic rings. The highest BCUT2D eigenvalue weighted by Crippen LogP contribution is 2.26. The summed E-state index contributed by atoms with van der Waals surface area (Å²) in [5.74, 6) is 6.84. The number of amides is 1. The average Bonchev–Trinajstić information content (AvgIpc) is 2.90. The van der Waals surface area contributed by atoms with Crippen LogP contribution in [0.15, 0.2) is 42.5 Å². The average molecular weight is 491 g/mol. The molecule has 0 atom stereocenters. The summed E-state index contributed by atoms with van der Waals surface area (Å²) >= 11 is 0. The number of phenolic OH excluding ortho intramolecular Hbond substituents is 1. The summed E-state index contributed by atoms with van der Waals surface area (Å²) in [7, 11) is 0. The second-order valence-electron chi connectivity index (χ2n) is 9.67. The van der Waals surface area contributed by atoms with Gasteiger partial charge in [0.05, 0.1) is 6.54 Å². The lowest BCUT2D eigenvalue weighted by Gasteiger charge is -2.32. The van der Waals surface area contributed by atoms with E-state index in [4.69, 9.17) is 0 Å². The van der Waals surface area contributed by atoms with E-state index >= 15 is 0 Å². The van der Waals surface area contributed by atoms with Crippen LogP contribution in [-0.4, -0.2) is 55.2 Å². The van der Waals surface area contributed by atoms with Crippen LogP contribution in [0, 0.1) is 18.8 Å². The number of piperidine rings is 1. The van der Waals surface area contributed by atoms with Crippen molar-refractivity contribution in [2.24, 2.45) is 0 Å². The Morgan fingerprint density at radius 3 is 2.50 bits per heavy atom. The predicted molar refractivity (Wildman–Crippen MR) is 148 cm³/mol. The maximum Gasteiger partial charge on any atom is 0.207 e. The van der Waals surface area contributed by atoms with Gasteiger partial charge in [-0.05, 0) is 82.1 Å². The van der Waals surface area contributed by atoms with Crippen molar-refractivity contribution >= 4 is 12.1 Å². The van der Waals surface area contributed by atoms with Crippen LogP contribution >= 0.6 is 0 Å².